The highest BCUT2D eigenvalue weighted by Crippen LogP contribution is 2.31. The van der Waals surface area contributed by atoms with Crippen molar-refractivity contribution in [2.45, 2.75) is 163 Å². The Kier molecular flexibility index (Phi) is 17.1. The van der Waals surface area contributed by atoms with Gasteiger partial charge in [0.1, 0.15) is 85.5 Å². The van der Waals surface area contributed by atoms with Gasteiger partial charge in [-0.05, 0) is 40.5 Å². The van der Waals surface area contributed by atoms with Crippen LogP contribution in [0.2, 0.25) is 0 Å². The first-order chi connectivity index (χ1) is 25.5. The number of hydrogen-bond donors (Lipinski definition) is 12. The predicted molar refractivity (Wildman–Crippen MR) is 179 cm³/mol. The summed E-state index contributed by atoms with van der Waals surface area (Å²) in [6.07, 6.45) is -23.9. The third-order valence-electron chi connectivity index (χ3n) is 10.0. The Morgan fingerprint density at radius 3 is 1.39 bits per heavy atom. The van der Waals surface area contributed by atoms with Gasteiger partial charge in [-0.3, -0.25) is 0 Å². The Morgan fingerprint density at radius 2 is 0.944 bits per heavy atom. The van der Waals surface area contributed by atoms with Crippen molar-refractivity contribution < 1.29 is 99.2 Å². The summed E-state index contributed by atoms with van der Waals surface area (Å²) in [6, 6.07) is 0. The van der Waals surface area contributed by atoms with E-state index in [4.69, 9.17) is 37.9 Å². The molecule has 20 nitrogen and oxygen atoms in total. The van der Waals surface area contributed by atoms with Crippen molar-refractivity contribution in [3.8, 4) is 0 Å². The highest BCUT2D eigenvalue weighted by Gasteiger charge is 2.52. The number of aliphatic hydroxyl groups is 12. The standard InChI is InChI=1S/C34H58O20/c1-13(8-9-47-33-29(25(43)19(37)15(3)49-33)53-31-27(45)23(41)21(39)17(10-35)51-31)6-5-7-14(2)12-48-34-30(26(44)20(38)16(4)50-34)54-32-28(46)24(42)22(40)18(11-36)52-32/h7-8,15-46H,5-6,9-12H2,1-4H3. The van der Waals surface area contributed by atoms with Gasteiger partial charge in [0.15, 0.2) is 25.2 Å². The van der Waals surface area contributed by atoms with Gasteiger partial charge in [0.25, 0.3) is 0 Å². The fraction of sp³-hybridized carbons (Fsp3) is 0.882. The van der Waals surface area contributed by atoms with Crippen molar-refractivity contribution in [1.82, 2.24) is 0 Å². The van der Waals surface area contributed by atoms with Gasteiger partial charge in [0, 0.05) is 0 Å². The van der Waals surface area contributed by atoms with Gasteiger partial charge in [-0.25, -0.2) is 0 Å². The van der Waals surface area contributed by atoms with E-state index in [1.807, 2.05) is 13.0 Å². The minimum Gasteiger partial charge on any atom is -0.394 e. The molecule has 4 aliphatic heterocycles. The number of ether oxygens (including phenoxy) is 8. The summed E-state index contributed by atoms with van der Waals surface area (Å²) in [5, 5.41) is 123. The third kappa shape index (κ3) is 10.8. The normalized spacial score (nSPS) is 46.8. The summed E-state index contributed by atoms with van der Waals surface area (Å²) < 4.78 is 45.3. The zero-order valence-electron chi connectivity index (χ0n) is 30.6. The zero-order chi connectivity index (χ0) is 40.0. The van der Waals surface area contributed by atoms with Gasteiger partial charge in [-0.15, -0.1) is 0 Å². The first-order valence-electron chi connectivity index (χ1n) is 18.0. The molecule has 20 unspecified atom stereocenters. The number of rotatable bonds is 15. The molecule has 4 fully saturated rings. The van der Waals surface area contributed by atoms with Gasteiger partial charge in [0.05, 0.1) is 38.6 Å². The molecular weight excluding hydrogens is 728 g/mol. The average molecular weight is 787 g/mol. The lowest BCUT2D eigenvalue weighted by Gasteiger charge is -2.45. The maximum atomic E-state index is 10.8. The van der Waals surface area contributed by atoms with E-state index in [-0.39, 0.29) is 13.2 Å². The van der Waals surface area contributed by atoms with Crippen LogP contribution in [0.25, 0.3) is 0 Å². The van der Waals surface area contributed by atoms with Gasteiger partial charge < -0.3 is 99.2 Å². The van der Waals surface area contributed by atoms with E-state index in [2.05, 4.69) is 0 Å². The van der Waals surface area contributed by atoms with Crippen LogP contribution in [-0.2, 0) is 37.9 Å². The second kappa shape index (κ2) is 20.4. The summed E-state index contributed by atoms with van der Waals surface area (Å²) in [5.74, 6) is 0. The van der Waals surface area contributed by atoms with Gasteiger partial charge in [0.2, 0.25) is 0 Å². The first-order valence-corrected chi connectivity index (χ1v) is 18.0. The Bertz CT molecular complexity index is 1200. The molecule has 4 aliphatic rings. The van der Waals surface area contributed by atoms with Crippen LogP contribution in [0, 0.1) is 0 Å². The molecule has 54 heavy (non-hydrogen) atoms. The van der Waals surface area contributed by atoms with E-state index in [1.165, 1.54) is 13.8 Å². The molecule has 0 bridgehead atoms. The molecule has 0 aromatic carbocycles. The molecule has 4 saturated heterocycles. The van der Waals surface area contributed by atoms with Crippen LogP contribution in [0.1, 0.15) is 40.5 Å². The predicted octanol–water partition coefficient (Wildman–Crippen LogP) is -5.00. The lowest BCUT2D eigenvalue weighted by molar-refractivity contribution is -0.363. The van der Waals surface area contributed by atoms with Gasteiger partial charge in [-0.2, -0.15) is 0 Å². The molecule has 12 N–H and O–H groups in total. The molecule has 4 heterocycles. The van der Waals surface area contributed by atoms with Gasteiger partial charge in [-0.1, -0.05) is 23.3 Å². The Labute approximate surface area is 312 Å². The Balaban J connectivity index is 1.29. The number of aliphatic hydroxyl groups excluding tert-OH is 12. The SMILES string of the molecule is CC(=CCOC1OC(C)C(O)C(O)C1OC1OC(CO)C(O)C(O)C1O)CCC=C(C)COC1OC(C)C(O)C(O)C1OC1OC(CO)C(O)C(O)C1O. The summed E-state index contributed by atoms with van der Waals surface area (Å²) in [5.41, 5.74) is 1.68. The van der Waals surface area contributed by atoms with Crippen LogP contribution in [0.3, 0.4) is 0 Å². The van der Waals surface area contributed by atoms with Crippen LogP contribution in [0.5, 0.6) is 0 Å². The summed E-state index contributed by atoms with van der Waals surface area (Å²) >= 11 is 0. The molecule has 0 saturated carbocycles. The van der Waals surface area contributed by atoms with E-state index in [1.54, 1.807) is 13.0 Å². The van der Waals surface area contributed by atoms with E-state index < -0.39 is 136 Å². The van der Waals surface area contributed by atoms with Crippen molar-refractivity contribution in [2.75, 3.05) is 26.4 Å². The highest BCUT2D eigenvalue weighted by atomic mass is 16.8. The van der Waals surface area contributed by atoms with Crippen molar-refractivity contribution in [3.05, 3.63) is 23.3 Å². The van der Waals surface area contributed by atoms with Crippen LogP contribution in [-0.4, -0.2) is 211 Å². The number of allylic oxidation sites excluding steroid dienone is 2. The largest absolute Gasteiger partial charge is 0.394 e. The van der Waals surface area contributed by atoms with Crippen LogP contribution in [0.4, 0.5) is 0 Å². The molecular formula is C34H58O20. The van der Waals surface area contributed by atoms with Crippen LogP contribution in [0.15, 0.2) is 23.3 Å². The maximum absolute atomic E-state index is 10.8. The number of hydrogen-bond acceptors (Lipinski definition) is 20. The summed E-state index contributed by atoms with van der Waals surface area (Å²) in [7, 11) is 0. The lowest BCUT2D eigenvalue weighted by Crippen LogP contribution is -2.64. The topological polar surface area (TPSA) is 317 Å². The molecule has 0 radical (unpaired) electrons. The first kappa shape index (κ1) is 45.4. The summed E-state index contributed by atoms with van der Waals surface area (Å²) in [4.78, 5) is 0. The van der Waals surface area contributed by atoms with E-state index in [0.29, 0.717) is 12.8 Å². The monoisotopic (exact) mass is 786 g/mol. The van der Waals surface area contributed by atoms with Crippen molar-refractivity contribution in [1.29, 1.82) is 0 Å². The average Bonchev–Trinajstić information content (AvgIpc) is 3.14. The molecule has 0 aromatic heterocycles. The molecule has 20 atom stereocenters. The molecule has 0 amide bonds. The molecule has 0 spiro atoms. The fourth-order valence-corrected chi connectivity index (χ4v) is 6.44. The van der Waals surface area contributed by atoms with E-state index in [9.17, 15) is 61.3 Å². The van der Waals surface area contributed by atoms with E-state index >= 15 is 0 Å². The minimum atomic E-state index is -1.75. The van der Waals surface area contributed by atoms with Crippen molar-refractivity contribution in [2.24, 2.45) is 0 Å². The molecule has 4 rings (SSSR count). The highest BCUT2D eigenvalue weighted by molar-refractivity contribution is 5.05. The smallest absolute Gasteiger partial charge is 0.187 e. The van der Waals surface area contributed by atoms with Gasteiger partial charge >= 0.3 is 0 Å². The Hall–Kier alpha value is -1.32. The van der Waals surface area contributed by atoms with Crippen LogP contribution < -0.4 is 0 Å². The lowest BCUT2D eigenvalue weighted by atomic mass is 9.97. The fourth-order valence-electron chi connectivity index (χ4n) is 6.44. The Morgan fingerprint density at radius 1 is 0.500 bits per heavy atom. The molecule has 0 aromatic rings. The second-order valence-corrected chi connectivity index (χ2v) is 14.3. The third-order valence-corrected chi connectivity index (χ3v) is 10.0. The van der Waals surface area contributed by atoms with Crippen molar-refractivity contribution in [3.63, 3.8) is 0 Å². The summed E-state index contributed by atoms with van der Waals surface area (Å²) in [6.45, 7) is 5.34. The van der Waals surface area contributed by atoms with Crippen LogP contribution >= 0.6 is 0 Å². The zero-order valence-corrected chi connectivity index (χ0v) is 30.6. The maximum Gasteiger partial charge on any atom is 0.187 e. The quantitative estimate of drug-likeness (QED) is 0.0692. The molecule has 0 aliphatic carbocycles. The molecule has 314 valence electrons. The van der Waals surface area contributed by atoms with E-state index in [0.717, 1.165) is 11.1 Å². The second-order valence-electron chi connectivity index (χ2n) is 14.3. The minimum absolute atomic E-state index is 0.00635. The van der Waals surface area contributed by atoms with Crippen molar-refractivity contribution >= 4 is 0 Å². The molecule has 20 heteroatoms.